The van der Waals surface area contributed by atoms with Crippen LogP contribution in [0.2, 0.25) is 0 Å². The highest BCUT2D eigenvalue weighted by molar-refractivity contribution is 7.99. The molecule has 3 rings (SSSR count). The first kappa shape index (κ1) is 23.4. The third-order valence-electron chi connectivity index (χ3n) is 5.65. The van der Waals surface area contributed by atoms with Crippen molar-refractivity contribution >= 4 is 29.3 Å². The molecule has 2 aromatic carbocycles. The summed E-state index contributed by atoms with van der Waals surface area (Å²) in [6.45, 7) is 8.65. The molecule has 31 heavy (non-hydrogen) atoms. The largest absolute Gasteiger partial charge is 0.352 e. The van der Waals surface area contributed by atoms with E-state index in [-0.39, 0.29) is 11.8 Å². The zero-order valence-corrected chi connectivity index (χ0v) is 19.6. The monoisotopic (exact) mass is 439 g/mol. The molecule has 1 aliphatic rings. The van der Waals surface area contributed by atoms with E-state index in [0.717, 1.165) is 29.3 Å². The van der Waals surface area contributed by atoms with Gasteiger partial charge in [0.2, 0.25) is 5.91 Å². The van der Waals surface area contributed by atoms with Crippen molar-refractivity contribution in [1.82, 2.24) is 10.2 Å². The third-order valence-corrected chi connectivity index (χ3v) is 6.73. The summed E-state index contributed by atoms with van der Waals surface area (Å²) in [5.74, 6) is -0.260. The fraction of sp³-hybridized carbons (Fsp3) is 0.440. The minimum absolute atomic E-state index is 0.106. The average Bonchev–Trinajstić information content (AvgIpc) is 2.74. The first-order valence-corrected chi connectivity index (χ1v) is 11.9. The molecule has 1 atom stereocenters. The van der Waals surface area contributed by atoms with Gasteiger partial charge in [0, 0.05) is 41.4 Å². The van der Waals surface area contributed by atoms with Crippen LogP contribution in [-0.4, -0.2) is 42.4 Å². The Kier molecular flexibility index (Phi) is 8.55. The summed E-state index contributed by atoms with van der Waals surface area (Å²) in [4.78, 5) is 28.9. The number of rotatable bonds is 8. The number of benzene rings is 2. The number of hydrogen-bond donors (Lipinski definition) is 2. The van der Waals surface area contributed by atoms with Crippen LogP contribution < -0.4 is 10.6 Å². The van der Waals surface area contributed by atoms with Crippen molar-refractivity contribution in [3.05, 3.63) is 53.6 Å². The minimum Gasteiger partial charge on any atom is -0.352 e. The molecule has 1 fully saturated rings. The molecule has 0 aliphatic carbocycles. The molecule has 166 valence electrons. The van der Waals surface area contributed by atoms with Crippen LogP contribution in [0, 0.1) is 6.92 Å². The van der Waals surface area contributed by atoms with Gasteiger partial charge in [-0.3, -0.25) is 9.59 Å². The van der Waals surface area contributed by atoms with Crippen molar-refractivity contribution in [2.45, 2.75) is 62.3 Å². The number of piperidine rings is 1. The number of nitrogens with one attached hydrogen (secondary N) is 2. The normalized spacial score (nSPS) is 16.7. The maximum absolute atomic E-state index is 12.7. The van der Waals surface area contributed by atoms with Crippen molar-refractivity contribution in [2.75, 3.05) is 25.0 Å². The number of carbonyl (C=O) groups excluding carboxylic acids is 2. The quantitative estimate of drug-likeness (QED) is 0.562. The number of anilines is 1. The Morgan fingerprint density at radius 3 is 2.61 bits per heavy atom. The van der Waals surface area contributed by atoms with E-state index in [0.29, 0.717) is 23.8 Å². The summed E-state index contributed by atoms with van der Waals surface area (Å²) in [5.41, 5.74) is 2.42. The van der Waals surface area contributed by atoms with Crippen molar-refractivity contribution in [2.24, 2.45) is 0 Å². The molecule has 0 saturated carbocycles. The van der Waals surface area contributed by atoms with E-state index in [2.05, 4.69) is 53.6 Å². The van der Waals surface area contributed by atoms with Gasteiger partial charge < -0.3 is 15.5 Å². The standard InChI is InChI=1S/C25H33N3O2S/c1-18-8-11-22(12-9-18)31-24-13-10-21(17-23(24)27-20(3)29)25(30)26-14-6-16-28-15-5-4-7-19(28)2/h8-13,17,19H,4-7,14-16H2,1-3H3,(H,26,30)(H,27,29)/t19-/m1/s1. The molecule has 0 aromatic heterocycles. The SMILES string of the molecule is CC(=O)Nc1cc(C(=O)NCCCN2CCCC[C@H]2C)ccc1Sc1ccc(C)cc1. The van der Waals surface area contributed by atoms with Gasteiger partial charge in [-0.25, -0.2) is 0 Å². The maximum Gasteiger partial charge on any atom is 0.251 e. The van der Waals surface area contributed by atoms with Crippen molar-refractivity contribution < 1.29 is 9.59 Å². The van der Waals surface area contributed by atoms with E-state index in [9.17, 15) is 9.59 Å². The molecule has 0 spiro atoms. The second-order valence-corrected chi connectivity index (χ2v) is 9.41. The first-order valence-electron chi connectivity index (χ1n) is 11.1. The number of nitrogens with zero attached hydrogens (tertiary/aromatic N) is 1. The molecule has 2 amide bonds. The fourth-order valence-corrected chi connectivity index (χ4v) is 4.74. The Morgan fingerprint density at radius 1 is 1.13 bits per heavy atom. The summed E-state index contributed by atoms with van der Waals surface area (Å²) in [5, 5.41) is 5.89. The molecule has 6 heteroatoms. The molecule has 5 nitrogen and oxygen atoms in total. The molecule has 0 unspecified atom stereocenters. The maximum atomic E-state index is 12.7. The molecular weight excluding hydrogens is 406 g/mol. The van der Waals surface area contributed by atoms with E-state index in [1.165, 1.54) is 31.7 Å². The number of hydrogen-bond acceptors (Lipinski definition) is 4. The van der Waals surface area contributed by atoms with E-state index in [4.69, 9.17) is 0 Å². The smallest absolute Gasteiger partial charge is 0.251 e. The third kappa shape index (κ3) is 7.11. The predicted molar refractivity (Wildman–Crippen MR) is 128 cm³/mol. The Bertz CT molecular complexity index is 898. The Labute approximate surface area is 190 Å². The Morgan fingerprint density at radius 2 is 1.90 bits per heavy atom. The molecular formula is C25H33N3O2S. The molecule has 1 aliphatic heterocycles. The van der Waals surface area contributed by atoms with Gasteiger partial charge in [-0.2, -0.15) is 0 Å². The highest BCUT2D eigenvalue weighted by atomic mass is 32.2. The summed E-state index contributed by atoms with van der Waals surface area (Å²) in [6, 6.07) is 14.4. The molecule has 0 radical (unpaired) electrons. The summed E-state index contributed by atoms with van der Waals surface area (Å²) < 4.78 is 0. The highest BCUT2D eigenvalue weighted by Gasteiger charge is 2.17. The average molecular weight is 440 g/mol. The Balaban J connectivity index is 1.60. The van der Waals surface area contributed by atoms with Crippen LogP contribution in [0.3, 0.4) is 0 Å². The number of aryl methyl sites for hydroxylation is 1. The van der Waals surface area contributed by atoms with Crippen molar-refractivity contribution in [1.29, 1.82) is 0 Å². The number of carbonyl (C=O) groups is 2. The number of amides is 2. The fourth-order valence-electron chi connectivity index (χ4n) is 3.86. The lowest BCUT2D eigenvalue weighted by Crippen LogP contribution is -2.39. The lowest BCUT2D eigenvalue weighted by Gasteiger charge is -2.33. The first-order chi connectivity index (χ1) is 14.9. The topological polar surface area (TPSA) is 61.4 Å². The van der Waals surface area contributed by atoms with Gasteiger partial charge in [0.05, 0.1) is 5.69 Å². The molecule has 0 bridgehead atoms. The molecule has 2 aromatic rings. The van der Waals surface area contributed by atoms with E-state index in [1.54, 1.807) is 17.8 Å². The van der Waals surface area contributed by atoms with Crippen molar-refractivity contribution in [3.63, 3.8) is 0 Å². The summed E-state index contributed by atoms with van der Waals surface area (Å²) >= 11 is 1.57. The van der Waals surface area contributed by atoms with Gasteiger partial charge in [-0.15, -0.1) is 0 Å². The van der Waals surface area contributed by atoms with Gasteiger partial charge in [0.15, 0.2) is 0 Å². The van der Waals surface area contributed by atoms with E-state index >= 15 is 0 Å². The van der Waals surface area contributed by atoms with Crippen LogP contribution in [0.1, 0.15) is 55.5 Å². The van der Waals surface area contributed by atoms with Gasteiger partial charge in [-0.1, -0.05) is 35.9 Å². The van der Waals surface area contributed by atoms with Crippen LogP contribution in [0.25, 0.3) is 0 Å². The van der Waals surface area contributed by atoms with E-state index in [1.807, 2.05) is 12.1 Å². The predicted octanol–water partition coefficient (Wildman–Crippen LogP) is 5.10. The minimum atomic E-state index is -0.154. The van der Waals surface area contributed by atoms with Crippen LogP contribution in [0.4, 0.5) is 5.69 Å². The van der Waals surface area contributed by atoms with Gasteiger partial charge in [0.1, 0.15) is 0 Å². The van der Waals surface area contributed by atoms with Gasteiger partial charge in [-0.05, 0) is 70.0 Å². The van der Waals surface area contributed by atoms with E-state index < -0.39 is 0 Å². The second kappa shape index (κ2) is 11.3. The van der Waals surface area contributed by atoms with Gasteiger partial charge in [0.25, 0.3) is 5.91 Å². The zero-order chi connectivity index (χ0) is 22.2. The van der Waals surface area contributed by atoms with Crippen LogP contribution in [0.15, 0.2) is 52.3 Å². The number of likely N-dealkylation sites (tertiary alicyclic amines) is 1. The van der Waals surface area contributed by atoms with Crippen LogP contribution >= 0.6 is 11.8 Å². The van der Waals surface area contributed by atoms with Crippen LogP contribution in [0.5, 0.6) is 0 Å². The van der Waals surface area contributed by atoms with Crippen molar-refractivity contribution in [3.8, 4) is 0 Å². The zero-order valence-electron chi connectivity index (χ0n) is 18.7. The highest BCUT2D eigenvalue weighted by Crippen LogP contribution is 2.34. The van der Waals surface area contributed by atoms with Crippen LogP contribution in [-0.2, 0) is 4.79 Å². The molecule has 2 N–H and O–H groups in total. The summed E-state index contributed by atoms with van der Waals surface area (Å²) in [6.07, 6.45) is 4.81. The lowest BCUT2D eigenvalue weighted by atomic mass is 10.0. The molecule has 1 heterocycles. The molecule has 1 saturated heterocycles. The summed E-state index contributed by atoms with van der Waals surface area (Å²) in [7, 11) is 0. The van der Waals surface area contributed by atoms with Gasteiger partial charge >= 0.3 is 0 Å². The second-order valence-electron chi connectivity index (χ2n) is 8.30. The lowest BCUT2D eigenvalue weighted by molar-refractivity contribution is -0.114. The Hall–Kier alpha value is -2.31.